The van der Waals surface area contributed by atoms with Crippen molar-refractivity contribution < 1.29 is 4.74 Å². The summed E-state index contributed by atoms with van der Waals surface area (Å²) in [5, 5.41) is 4.09. The molecule has 0 aliphatic carbocycles. The van der Waals surface area contributed by atoms with Gasteiger partial charge in [-0.25, -0.2) is 0 Å². The summed E-state index contributed by atoms with van der Waals surface area (Å²) in [6, 6.07) is 10.2. The lowest BCUT2D eigenvalue weighted by molar-refractivity contribution is 0.405. The number of aryl methyl sites for hydroxylation is 2. The van der Waals surface area contributed by atoms with Gasteiger partial charge in [-0.15, -0.1) is 0 Å². The minimum atomic E-state index is -0.0232. The second kappa shape index (κ2) is 6.82. The first kappa shape index (κ1) is 16.3. The summed E-state index contributed by atoms with van der Waals surface area (Å²) in [7, 11) is 3.61. The van der Waals surface area contributed by atoms with Gasteiger partial charge in [-0.3, -0.25) is 0 Å². The fraction of sp³-hybridized carbons (Fsp3) is 0.294. The Balaban J connectivity index is 2.58. The number of ether oxygens (including phenoxy) is 1. The SMILES string of the molecule is CNC(c1ccc(C)cc1Cl)c1cc(Br)c(C)cc1OC. The predicted molar refractivity (Wildman–Crippen MR) is 92.5 cm³/mol. The topological polar surface area (TPSA) is 21.3 Å². The van der Waals surface area contributed by atoms with Crippen LogP contribution in [0.1, 0.15) is 28.3 Å². The van der Waals surface area contributed by atoms with Crippen molar-refractivity contribution in [3.05, 3.63) is 62.1 Å². The lowest BCUT2D eigenvalue weighted by Gasteiger charge is -2.22. The number of nitrogens with one attached hydrogen (secondary N) is 1. The molecular weight excluding hydrogens is 350 g/mol. The smallest absolute Gasteiger partial charge is 0.124 e. The summed E-state index contributed by atoms with van der Waals surface area (Å²) >= 11 is 10.0. The molecule has 4 heteroatoms. The van der Waals surface area contributed by atoms with Crippen LogP contribution in [0.15, 0.2) is 34.8 Å². The molecule has 21 heavy (non-hydrogen) atoms. The van der Waals surface area contributed by atoms with Crippen LogP contribution < -0.4 is 10.1 Å². The van der Waals surface area contributed by atoms with Crippen molar-refractivity contribution in [2.24, 2.45) is 0 Å². The van der Waals surface area contributed by atoms with Gasteiger partial charge < -0.3 is 10.1 Å². The number of hydrogen-bond donors (Lipinski definition) is 1. The van der Waals surface area contributed by atoms with Crippen molar-refractivity contribution in [3.63, 3.8) is 0 Å². The number of halogens is 2. The molecule has 0 fully saturated rings. The van der Waals surface area contributed by atoms with Crippen LogP contribution >= 0.6 is 27.5 Å². The first-order valence-corrected chi connectivity index (χ1v) is 7.92. The van der Waals surface area contributed by atoms with Crippen molar-refractivity contribution in [3.8, 4) is 5.75 Å². The van der Waals surface area contributed by atoms with Crippen LogP contribution in [0.5, 0.6) is 5.75 Å². The molecule has 0 saturated carbocycles. The Hall–Kier alpha value is -1.03. The van der Waals surface area contributed by atoms with E-state index in [1.807, 2.05) is 33.0 Å². The molecule has 0 aromatic heterocycles. The molecule has 1 N–H and O–H groups in total. The highest BCUT2D eigenvalue weighted by Gasteiger charge is 2.20. The molecule has 0 aliphatic rings. The zero-order valence-electron chi connectivity index (χ0n) is 12.6. The molecule has 0 aliphatic heterocycles. The molecule has 2 aromatic rings. The monoisotopic (exact) mass is 367 g/mol. The summed E-state index contributed by atoms with van der Waals surface area (Å²) in [6.07, 6.45) is 0. The van der Waals surface area contributed by atoms with E-state index in [0.29, 0.717) is 0 Å². The zero-order valence-corrected chi connectivity index (χ0v) is 15.0. The van der Waals surface area contributed by atoms with Gasteiger partial charge in [0.1, 0.15) is 5.75 Å². The molecule has 1 unspecified atom stereocenters. The van der Waals surface area contributed by atoms with Gasteiger partial charge in [0.25, 0.3) is 0 Å². The first-order chi connectivity index (χ1) is 9.97. The summed E-state index contributed by atoms with van der Waals surface area (Å²) in [6.45, 7) is 4.08. The summed E-state index contributed by atoms with van der Waals surface area (Å²) in [5.41, 5.74) is 4.39. The number of rotatable bonds is 4. The second-order valence-electron chi connectivity index (χ2n) is 5.09. The molecule has 2 nitrogen and oxygen atoms in total. The molecule has 2 rings (SSSR count). The van der Waals surface area contributed by atoms with Crippen LogP contribution in [0.25, 0.3) is 0 Å². The molecule has 0 amide bonds. The summed E-state index contributed by atoms with van der Waals surface area (Å²) in [4.78, 5) is 0. The highest BCUT2D eigenvalue weighted by Crippen LogP contribution is 2.36. The Labute approximate surface area is 139 Å². The second-order valence-corrected chi connectivity index (χ2v) is 6.35. The minimum Gasteiger partial charge on any atom is -0.496 e. The van der Waals surface area contributed by atoms with E-state index in [-0.39, 0.29) is 6.04 Å². The van der Waals surface area contributed by atoms with Crippen molar-refractivity contribution in [2.75, 3.05) is 14.2 Å². The van der Waals surface area contributed by atoms with Gasteiger partial charge in [-0.05, 0) is 55.8 Å². The number of methoxy groups -OCH3 is 1. The van der Waals surface area contributed by atoms with E-state index in [9.17, 15) is 0 Å². The highest BCUT2D eigenvalue weighted by atomic mass is 79.9. The Morgan fingerprint density at radius 1 is 1.14 bits per heavy atom. The average Bonchev–Trinajstić information content (AvgIpc) is 2.45. The fourth-order valence-electron chi connectivity index (χ4n) is 2.42. The lowest BCUT2D eigenvalue weighted by atomic mass is 9.96. The Morgan fingerprint density at radius 3 is 2.43 bits per heavy atom. The van der Waals surface area contributed by atoms with E-state index < -0.39 is 0 Å². The van der Waals surface area contributed by atoms with E-state index in [1.165, 1.54) is 0 Å². The third-order valence-electron chi connectivity index (χ3n) is 3.58. The third kappa shape index (κ3) is 3.42. The molecular formula is C17H19BrClNO. The standard InChI is InChI=1S/C17H19BrClNO/c1-10-5-6-12(15(19)7-10)17(20-3)13-9-14(18)11(2)8-16(13)21-4/h5-9,17,20H,1-4H3. The number of benzene rings is 2. The maximum absolute atomic E-state index is 6.43. The molecule has 0 spiro atoms. The van der Waals surface area contributed by atoms with Crippen LogP contribution in [0.2, 0.25) is 5.02 Å². The van der Waals surface area contributed by atoms with Crippen LogP contribution in [-0.4, -0.2) is 14.2 Å². The largest absolute Gasteiger partial charge is 0.496 e. The van der Waals surface area contributed by atoms with Gasteiger partial charge in [0.15, 0.2) is 0 Å². The Kier molecular flexibility index (Phi) is 5.31. The Bertz CT molecular complexity index is 657. The van der Waals surface area contributed by atoms with Crippen LogP contribution in [0.3, 0.4) is 0 Å². The van der Waals surface area contributed by atoms with E-state index in [0.717, 1.165) is 37.5 Å². The summed E-state index contributed by atoms with van der Waals surface area (Å²) < 4.78 is 6.60. The average molecular weight is 369 g/mol. The minimum absolute atomic E-state index is 0.0232. The van der Waals surface area contributed by atoms with Crippen LogP contribution in [-0.2, 0) is 0 Å². The van der Waals surface area contributed by atoms with E-state index in [4.69, 9.17) is 16.3 Å². The molecule has 2 aromatic carbocycles. The maximum Gasteiger partial charge on any atom is 0.124 e. The van der Waals surface area contributed by atoms with Crippen LogP contribution in [0, 0.1) is 13.8 Å². The number of hydrogen-bond acceptors (Lipinski definition) is 2. The predicted octanol–water partition coefficient (Wildman–Crippen LogP) is 5.04. The quantitative estimate of drug-likeness (QED) is 0.816. The van der Waals surface area contributed by atoms with Gasteiger partial charge in [-0.2, -0.15) is 0 Å². The van der Waals surface area contributed by atoms with Crippen molar-refractivity contribution in [2.45, 2.75) is 19.9 Å². The van der Waals surface area contributed by atoms with Crippen LogP contribution in [0.4, 0.5) is 0 Å². The van der Waals surface area contributed by atoms with E-state index in [2.05, 4.69) is 39.4 Å². The first-order valence-electron chi connectivity index (χ1n) is 6.75. The van der Waals surface area contributed by atoms with Gasteiger partial charge in [-0.1, -0.05) is 39.7 Å². The van der Waals surface area contributed by atoms with E-state index in [1.54, 1.807) is 7.11 Å². The fourth-order valence-corrected chi connectivity index (χ4v) is 3.12. The summed E-state index contributed by atoms with van der Waals surface area (Å²) in [5.74, 6) is 0.853. The van der Waals surface area contributed by atoms with Crippen molar-refractivity contribution in [1.82, 2.24) is 5.32 Å². The molecule has 0 heterocycles. The zero-order chi connectivity index (χ0) is 15.6. The van der Waals surface area contributed by atoms with E-state index >= 15 is 0 Å². The lowest BCUT2D eigenvalue weighted by Crippen LogP contribution is -2.19. The van der Waals surface area contributed by atoms with Gasteiger partial charge in [0.2, 0.25) is 0 Å². The Morgan fingerprint density at radius 2 is 1.86 bits per heavy atom. The molecule has 1 atom stereocenters. The molecule has 0 saturated heterocycles. The molecule has 112 valence electrons. The van der Waals surface area contributed by atoms with Gasteiger partial charge in [0.05, 0.1) is 13.2 Å². The maximum atomic E-state index is 6.43. The van der Waals surface area contributed by atoms with Gasteiger partial charge in [0, 0.05) is 15.1 Å². The van der Waals surface area contributed by atoms with Gasteiger partial charge >= 0.3 is 0 Å². The van der Waals surface area contributed by atoms with Crippen molar-refractivity contribution >= 4 is 27.5 Å². The molecule has 0 radical (unpaired) electrons. The highest BCUT2D eigenvalue weighted by molar-refractivity contribution is 9.10. The third-order valence-corrected chi connectivity index (χ3v) is 4.76. The van der Waals surface area contributed by atoms with Crippen molar-refractivity contribution in [1.29, 1.82) is 0 Å². The molecule has 0 bridgehead atoms. The normalized spacial score (nSPS) is 12.3.